The summed E-state index contributed by atoms with van der Waals surface area (Å²) in [6, 6.07) is 0. The Morgan fingerprint density at radius 1 is 1.38 bits per heavy atom. The summed E-state index contributed by atoms with van der Waals surface area (Å²) < 4.78 is 10.2. The van der Waals surface area contributed by atoms with E-state index >= 15 is 0 Å². The molecule has 0 atom stereocenters. The van der Waals surface area contributed by atoms with Crippen LogP contribution in [0, 0.1) is 6.92 Å². The van der Waals surface area contributed by atoms with Gasteiger partial charge in [0.1, 0.15) is 6.54 Å². The number of esters is 1. The van der Waals surface area contributed by atoms with E-state index in [1.54, 1.807) is 16.7 Å². The Morgan fingerprint density at radius 3 is 2.71 bits per heavy atom. The molecule has 0 bridgehead atoms. The first-order chi connectivity index (χ1) is 11.4. The highest BCUT2D eigenvalue weighted by Gasteiger charge is 2.20. The number of nitrogens with zero attached hydrogens (tertiary/aromatic N) is 5. The molecule has 0 fully saturated rings. The predicted octanol–water partition coefficient (Wildman–Crippen LogP) is -0.183. The van der Waals surface area contributed by atoms with E-state index in [1.807, 2.05) is 11.5 Å². The van der Waals surface area contributed by atoms with Crippen LogP contribution in [-0.2, 0) is 29.7 Å². The summed E-state index contributed by atoms with van der Waals surface area (Å²) in [7, 11) is 2.71. The fraction of sp³-hybridized carbons (Fsp3) is 0.333. The minimum atomic E-state index is -0.672. The number of methoxy groups -OCH3 is 1. The average Bonchev–Trinajstić information content (AvgIpc) is 3.06. The second-order valence-electron chi connectivity index (χ2n) is 5.43. The number of carbonyl (C=O) groups excluding carboxylic acids is 1. The maximum atomic E-state index is 12.8. The van der Waals surface area contributed by atoms with Gasteiger partial charge >= 0.3 is 11.7 Å². The third kappa shape index (κ3) is 2.08. The Hall–Kier alpha value is -3.10. The van der Waals surface area contributed by atoms with Crippen LogP contribution >= 0.6 is 0 Å². The number of imidazole rings is 2. The number of hydrogen-bond donors (Lipinski definition) is 0. The van der Waals surface area contributed by atoms with Crippen molar-refractivity contribution in [2.45, 2.75) is 20.0 Å². The standard InChI is InChI=1S/C15H17N5O4/c1-5-6-18-9(2)7-19-11-12(16-14(18)19)17(3)15(23)20(13(11)22)8-10(21)24-4/h5,7H,1,6,8H2,2-4H3. The molecule has 0 unspecified atom stereocenters. The van der Waals surface area contributed by atoms with E-state index in [1.165, 1.54) is 18.7 Å². The van der Waals surface area contributed by atoms with Gasteiger partial charge in [0.05, 0.1) is 7.11 Å². The van der Waals surface area contributed by atoms with Gasteiger partial charge in [-0.1, -0.05) is 6.08 Å². The van der Waals surface area contributed by atoms with E-state index in [0.29, 0.717) is 12.3 Å². The minimum absolute atomic E-state index is 0.238. The summed E-state index contributed by atoms with van der Waals surface area (Å²) in [5.41, 5.74) is 0.195. The molecule has 3 heterocycles. The van der Waals surface area contributed by atoms with E-state index in [-0.39, 0.29) is 11.2 Å². The van der Waals surface area contributed by atoms with Gasteiger partial charge in [-0.25, -0.2) is 9.36 Å². The fourth-order valence-corrected chi connectivity index (χ4v) is 2.74. The van der Waals surface area contributed by atoms with E-state index in [4.69, 9.17) is 0 Å². The molecular formula is C15H17N5O4. The van der Waals surface area contributed by atoms with Gasteiger partial charge in [0.2, 0.25) is 5.78 Å². The number of rotatable bonds is 4. The number of hydrogen-bond acceptors (Lipinski definition) is 5. The van der Waals surface area contributed by atoms with Crippen LogP contribution in [0.15, 0.2) is 28.4 Å². The molecule has 0 saturated heterocycles. The van der Waals surface area contributed by atoms with Gasteiger partial charge in [0.25, 0.3) is 5.56 Å². The number of fused-ring (bicyclic) bond motifs is 3. The van der Waals surface area contributed by atoms with Crippen LogP contribution in [0.2, 0.25) is 0 Å². The maximum Gasteiger partial charge on any atom is 0.333 e. The smallest absolute Gasteiger partial charge is 0.333 e. The topological polar surface area (TPSA) is 92.5 Å². The summed E-state index contributed by atoms with van der Waals surface area (Å²) in [4.78, 5) is 41.1. The third-order valence-electron chi connectivity index (χ3n) is 3.97. The second-order valence-corrected chi connectivity index (χ2v) is 5.43. The first kappa shape index (κ1) is 15.8. The van der Waals surface area contributed by atoms with Crippen LogP contribution in [0.4, 0.5) is 0 Å². The number of ether oxygens (including phenoxy) is 1. The van der Waals surface area contributed by atoms with Crippen molar-refractivity contribution >= 4 is 22.9 Å². The van der Waals surface area contributed by atoms with Crippen LogP contribution in [0.3, 0.4) is 0 Å². The van der Waals surface area contributed by atoms with Crippen LogP contribution < -0.4 is 11.2 Å². The van der Waals surface area contributed by atoms with Gasteiger partial charge in [-0.05, 0) is 6.92 Å². The average molecular weight is 331 g/mol. The van der Waals surface area contributed by atoms with Crippen molar-refractivity contribution in [3.63, 3.8) is 0 Å². The Morgan fingerprint density at radius 2 is 2.08 bits per heavy atom. The largest absolute Gasteiger partial charge is 0.468 e. The van der Waals surface area contributed by atoms with Crippen LogP contribution in [0.1, 0.15) is 5.69 Å². The molecule has 0 N–H and O–H groups in total. The number of allylic oxidation sites excluding steroid dienone is 1. The van der Waals surface area contributed by atoms with Crippen LogP contribution in [0.5, 0.6) is 0 Å². The monoisotopic (exact) mass is 331 g/mol. The molecule has 0 aromatic carbocycles. The number of aromatic nitrogens is 5. The maximum absolute atomic E-state index is 12.8. The molecule has 9 nitrogen and oxygen atoms in total. The van der Waals surface area contributed by atoms with Crippen molar-refractivity contribution in [1.29, 1.82) is 0 Å². The molecule has 0 spiro atoms. The van der Waals surface area contributed by atoms with Crippen LogP contribution in [-0.4, -0.2) is 36.2 Å². The molecule has 3 aromatic rings. The number of aryl methyl sites for hydroxylation is 2. The highest BCUT2D eigenvalue weighted by atomic mass is 16.5. The third-order valence-corrected chi connectivity index (χ3v) is 3.97. The predicted molar refractivity (Wildman–Crippen MR) is 87.1 cm³/mol. The molecule has 0 radical (unpaired) electrons. The molecule has 0 aliphatic rings. The molecule has 0 aliphatic heterocycles. The zero-order valence-electron chi connectivity index (χ0n) is 13.6. The molecule has 126 valence electrons. The lowest BCUT2D eigenvalue weighted by molar-refractivity contribution is -0.141. The number of carbonyl (C=O) groups is 1. The lowest BCUT2D eigenvalue weighted by Gasteiger charge is -2.06. The zero-order chi connectivity index (χ0) is 17.6. The first-order valence-corrected chi connectivity index (χ1v) is 7.26. The summed E-state index contributed by atoms with van der Waals surface area (Å²) >= 11 is 0. The molecule has 0 amide bonds. The van der Waals surface area contributed by atoms with Crippen molar-refractivity contribution < 1.29 is 9.53 Å². The highest BCUT2D eigenvalue weighted by Crippen LogP contribution is 2.16. The Kier molecular flexibility index (Phi) is 3.63. The Bertz CT molecular complexity index is 1100. The zero-order valence-corrected chi connectivity index (χ0v) is 13.6. The van der Waals surface area contributed by atoms with Crippen molar-refractivity contribution in [1.82, 2.24) is 23.1 Å². The normalized spacial score (nSPS) is 11.3. The first-order valence-electron chi connectivity index (χ1n) is 7.26. The second kappa shape index (κ2) is 5.52. The highest BCUT2D eigenvalue weighted by molar-refractivity contribution is 5.76. The minimum Gasteiger partial charge on any atom is -0.468 e. The summed E-state index contributed by atoms with van der Waals surface area (Å²) in [5, 5.41) is 0. The van der Waals surface area contributed by atoms with Crippen molar-refractivity contribution in [2.75, 3.05) is 7.11 Å². The quantitative estimate of drug-likeness (QED) is 0.488. The SMILES string of the molecule is C=CCn1c(C)cn2c3c(=O)n(CC(=O)OC)c(=O)n(C)c3nc12. The van der Waals surface area contributed by atoms with Gasteiger partial charge in [-0.15, -0.1) is 6.58 Å². The summed E-state index contributed by atoms with van der Waals surface area (Å²) in [6.45, 7) is 5.68. The molecule has 0 aliphatic carbocycles. The van der Waals surface area contributed by atoms with Crippen molar-refractivity contribution in [3.05, 3.63) is 45.4 Å². The fourth-order valence-electron chi connectivity index (χ4n) is 2.74. The van der Waals surface area contributed by atoms with Crippen LogP contribution in [0.25, 0.3) is 16.9 Å². The Labute approximate surface area is 136 Å². The van der Waals surface area contributed by atoms with Gasteiger partial charge in [0, 0.05) is 25.5 Å². The van der Waals surface area contributed by atoms with Crippen molar-refractivity contribution in [2.24, 2.45) is 7.05 Å². The lowest BCUT2D eigenvalue weighted by atomic mass is 10.4. The van der Waals surface area contributed by atoms with E-state index in [2.05, 4.69) is 16.3 Å². The van der Waals surface area contributed by atoms with E-state index in [9.17, 15) is 14.4 Å². The molecule has 3 aromatic heterocycles. The van der Waals surface area contributed by atoms with Crippen molar-refractivity contribution in [3.8, 4) is 0 Å². The summed E-state index contributed by atoms with van der Waals surface area (Å²) in [6.07, 6.45) is 3.49. The molecule has 24 heavy (non-hydrogen) atoms. The molecular weight excluding hydrogens is 314 g/mol. The van der Waals surface area contributed by atoms with Gasteiger partial charge in [-0.2, -0.15) is 4.98 Å². The van der Waals surface area contributed by atoms with Gasteiger partial charge in [0.15, 0.2) is 11.2 Å². The molecule has 9 heteroatoms. The molecule has 0 saturated carbocycles. The van der Waals surface area contributed by atoms with Gasteiger partial charge in [-0.3, -0.25) is 18.6 Å². The van der Waals surface area contributed by atoms with Gasteiger partial charge < -0.3 is 9.30 Å². The lowest BCUT2D eigenvalue weighted by Crippen LogP contribution is -2.41. The summed E-state index contributed by atoms with van der Waals surface area (Å²) in [5.74, 6) is -0.139. The van der Waals surface area contributed by atoms with E-state index in [0.717, 1.165) is 10.3 Å². The van der Waals surface area contributed by atoms with E-state index < -0.39 is 23.8 Å². The Balaban J connectivity index is 2.43. The molecule has 3 rings (SSSR count).